The summed E-state index contributed by atoms with van der Waals surface area (Å²) >= 11 is 0. The van der Waals surface area contributed by atoms with Gasteiger partial charge in [-0.1, -0.05) is 152 Å². The van der Waals surface area contributed by atoms with Gasteiger partial charge in [-0.3, -0.25) is 4.57 Å². The van der Waals surface area contributed by atoms with Crippen LogP contribution in [0.5, 0.6) is 0 Å². The van der Waals surface area contributed by atoms with Crippen molar-refractivity contribution < 1.29 is 4.42 Å². The van der Waals surface area contributed by atoms with E-state index in [0.717, 1.165) is 102 Å². The Labute approximate surface area is 404 Å². The Balaban J connectivity index is 1.18. The fourth-order valence-electron chi connectivity index (χ4n) is 10.5. The number of benzene rings is 10. The molecule has 330 valence electrons. The molecule has 0 radical (unpaired) electrons. The van der Waals surface area contributed by atoms with Crippen LogP contribution in [-0.4, -0.2) is 14.5 Å². The number of oxazole rings is 1. The van der Waals surface area contributed by atoms with Gasteiger partial charge in [0.2, 0.25) is 5.89 Å². The number of hydrogen-bond donors (Lipinski definition) is 0. The quantitative estimate of drug-likeness (QED) is 0.158. The molecule has 0 bridgehead atoms. The zero-order chi connectivity index (χ0) is 46.1. The summed E-state index contributed by atoms with van der Waals surface area (Å²) in [6.45, 7) is 0. The van der Waals surface area contributed by atoms with E-state index in [2.05, 4.69) is 255 Å². The van der Waals surface area contributed by atoms with E-state index in [1.807, 2.05) is 18.2 Å². The van der Waals surface area contributed by atoms with Gasteiger partial charge in [-0.05, 0) is 97.1 Å². The van der Waals surface area contributed by atoms with E-state index in [-0.39, 0.29) is 0 Å². The highest BCUT2D eigenvalue weighted by Crippen LogP contribution is 2.61. The smallest absolute Gasteiger partial charge is 0.227 e. The Kier molecular flexibility index (Phi) is 9.03. The van der Waals surface area contributed by atoms with Crippen molar-refractivity contribution in [1.82, 2.24) is 14.5 Å². The van der Waals surface area contributed by atoms with Crippen molar-refractivity contribution in [2.24, 2.45) is 0 Å². The van der Waals surface area contributed by atoms with Gasteiger partial charge >= 0.3 is 0 Å². The molecule has 0 amide bonds. The molecule has 14 rings (SSSR count). The first kappa shape index (κ1) is 39.5. The summed E-state index contributed by atoms with van der Waals surface area (Å²) in [7, 11) is 0. The predicted molar refractivity (Wildman–Crippen MR) is 285 cm³/mol. The summed E-state index contributed by atoms with van der Waals surface area (Å²) in [6, 6.07) is 87.0. The number of para-hydroxylation sites is 11. The first-order valence-corrected chi connectivity index (χ1v) is 23.5. The van der Waals surface area contributed by atoms with Crippen molar-refractivity contribution >= 4 is 90.4 Å². The number of anilines is 12. The van der Waals surface area contributed by atoms with Crippen LogP contribution in [0.4, 0.5) is 68.2 Å². The maximum absolute atomic E-state index is 7.39. The highest BCUT2D eigenvalue weighted by molar-refractivity contribution is 6.23. The summed E-state index contributed by atoms with van der Waals surface area (Å²) in [6.07, 6.45) is 0. The fourth-order valence-corrected chi connectivity index (χ4v) is 10.5. The Hall–Kier alpha value is -9.66. The molecular formula is C62H41N7O. The van der Waals surface area contributed by atoms with Crippen LogP contribution in [0.2, 0.25) is 0 Å². The van der Waals surface area contributed by atoms with E-state index >= 15 is 0 Å². The molecule has 0 fully saturated rings. The summed E-state index contributed by atoms with van der Waals surface area (Å²) in [5.74, 6) is 1.29. The molecule has 2 aliphatic heterocycles. The second-order valence-electron chi connectivity index (χ2n) is 17.4. The number of imidazole rings is 1. The minimum Gasteiger partial charge on any atom is -0.434 e. The molecule has 2 aromatic heterocycles. The minimum atomic E-state index is 0.509. The standard InChI is InChI=1S/C62H41N7O/c1-6-24-42(25-7-1)61-63-55-57(67(61)46-32-14-5-15-33-46)58(68-51-38-20-16-34-47(51)65(44-28-10-3-11-29-44)48-35-17-21-39-52(48)68)56-60(70-62(64-56)43-26-8-2-9-27-43)59(55)69-53-40-22-18-36-49(53)66(45-30-12-4-13-31-45)50-37-19-23-41-54(50)69/h1-41H. The Morgan fingerprint density at radius 2 is 0.629 bits per heavy atom. The summed E-state index contributed by atoms with van der Waals surface area (Å²) in [5, 5.41) is 0. The molecule has 70 heavy (non-hydrogen) atoms. The van der Waals surface area contributed by atoms with Crippen molar-refractivity contribution in [1.29, 1.82) is 0 Å². The highest BCUT2D eigenvalue weighted by atomic mass is 16.3. The van der Waals surface area contributed by atoms with Gasteiger partial charge in [0.25, 0.3) is 0 Å². The zero-order valence-electron chi connectivity index (χ0n) is 37.7. The SMILES string of the molecule is c1ccc(-c2nc3c(N4c5ccccc5N(c5ccccc5)c5ccccc54)c4c(nc(-c5ccccc5)n4-c4ccccc4)c(N4c5ccccc5N(c5ccccc5)c5ccccc54)c3o2)cc1. The second kappa shape index (κ2) is 16.0. The molecule has 8 heteroatoms. The van der Waals surface area contributed by atoms with Gasteiger partial charge in [-0.15, -0.1) is 0 Å². The first-order valence-electron chi connectivity index (χ1n) is 23.5. The van der Waals surface area contributed by atoms with E-state index in [1.54, 1.807) is 0 Å². The summed E-state index contributed by atoms with van der Waals surface area (Å²) in [5.41, 5.74) is 17.5. The summed E-state index contributed by atoms with van der Waals surface area (Å²) < 4.78 is 9.72. The summed E-state index contributed by atoms with van der Waals surface area (Å²) in [4.78, 5) is 21.0. The third-order valence-electron chi connectivity index (χ3n) is 13.4. The topological polar surface area (TPSA) is 56.8 Å². The predicted octanol–water partition coefficient (Wildman–Crippen LogP) is 17.0. The molecule has 8 nitrogen and oxygen atoms in total. The number of hydrogen-bond acceptors (Lipinski definition) is 7. The zero-order valence-corrected chi connectivity index (χ0v) is 37.7. The third kappa shape index (κ3) is 6.03. The van der Waals surface area contributed by atoms with E-state index in [4.69, 9.17) is 14.4 Å². The van der Waals surface area contributed by atoms with E-state index in [0.29, 0.717) is 17.0 Å². The van der Waals surface area contributed by atoms with Crippen molar-refractivity contribution in [3.05, 3.63) is 249 Å². The molecule has 0 saturated heterocycles. The number of aromatic nitrogens is 3. The van der Waals surface area contributed by atoms with Crippen molar-refractivity contribution in [3.63, 3.8) is 0 Å². The minimum absolute atomic E-state index is 0.509. The molecule has 0 aliphatic carbocycles. The van der Waals surface area contributed by atoms with Crippen LogP contribution in [0.15, 0.2) is 253 Å². The molecule has 12 aromatic rings. The van der Waals surface area contributed by atoms with Gasteiger partial charge in [0, 0.05) is 28.2 Å². The highest BCUT2D eigenvalue weighted by Gasteiger charge is 2.40. The van der Waals surface area contributed by atoms with Crippen LogP contribution in [0.25, 0.3) is 50.7 Å². The van der Waals surface area contributed by atoms with Crippen LogP contribution in [0, 0.1) is 0 Å². The van der Waals surface area contributed by atoms with Crippen LogP contribution in [0.1, 0.15) is 0 Å². The Bertz CT molecular complexity index is 3820. The fraction of sp³-hybridized carbons (Fsp3) is 0. The maximum atomic E-state index is 7.39. The van der Waals surface area contributed by atoms with Crippen molar-refractivity contribution in [2.45, 2.75) is 0 Å². The number of nitrogens with zero attached hydrogens (tertiary/aromatic N) is 7. The lowest BCUT2D eigenvalue weighted by molar-refractivity contribution is 0.620. The van der Waals surface area contributed by atoms with Gasteiger partial charge in [-0.25, -0.2) is 9.97 Å². The van der Waals surface area contributed by atoms with E-state index in [1.165, 1.54) is 0 Å². The lowest BCUT2D eigenvalue weighted by Crippen LogP contribution is -2.25. The van der Waals surface area contributed by atoms with Gasteiger partial charge in [-0.2, -0.15) is 0 Å². The van der Waals surface area contributed by atoms with Crippen LogP contribution in [0.3, 0.4) is 0 Å². The molecule has 0 unspecified atom stereocenters. The van der Waals surface area contributed by atoms with Crippen molar-refractivity contribution in [2.75, 3.05) is 19.6 Å². The maximum Gasteiger partial charge on any atom is 0.227 e. The average molecular weight is 900 g/mol. The molecule has 10 aromatic carbocycles. The van der Waals surface area contributed by atoms with Gasteiger partial charge < -0.3 is 24.0 Å². The Morgan fingerprint density at radius 3 is 1.06 bits per heavy atom. The van der Waals surface area contributed by atoms with Crippen molar-refractivity contribution in [3.8, 4) is 28.5 Å². The normalized spacial score (nSPS) is 12.7. The molecule has 2 aliphatic rings. The lowest BCUT2D eigenvalue weighted by Gasteiger charge is -2.41. The number of rotatable bonds is 7. The molecular weight excluding hydrogens is 859 g/mol. The lowest BCUT2D eigenvalue weighted by atomic mass is 10.0. The third-order valence-corrected chi connectivity index (χ3v) is 13.4. The molecule has 0 spiro atoms. The molecule has 0 saturated carbocycles. The average Bonchev–Trinajstić information content (AvgIpc) is 4.06. The largest absolute Gasteiger partial charge is 0.434 e. The Morgan fingerprint density at radius 1 is 0.286 bits per heavy atom. The van der Waals surface area contributed by atoms with Gasteiger partial charge in [0.1, 0.15) is 33.7 Å². The van der Waals surface area contributed by atoms with Crippen LogP contribution in [-0.2, 0) is 0 Å². The molecule has 0 atom stereocenters. The van der Waals surface area contributed by atoms with Crippen LogP contribution >= 0.6 is 0 Å². The van der Waals surface area contributed by atoms with Gasteiger partial charge in [0.05, 0.1) is 45.5 Å². The second-order valence-corrected chi connectivity index (χ2v) is 17.4. The van der Waals surface area contributed by atoms with E-state index < -0.39 is 0 Å². The first-order chi connectivity index (χ1) is 34.8. The van der Waals surface area contributed by atoms with Gasteiger partial charge in [0.15, 0.2) is 5.58 Å². The molecule has 4 heterocycles. The number of fused-ring (bicyclic) bond motifs is 6. The monoisotopic (exact) mass is 899 g/mol. The van der Waals surface area contributed by atoms with Crippen LogP contribution < -0.4 is 19.6 Å². The van der Waals surface area contributed by atoms with E-state index in [9.17, 15) is 0 Å². The molecule has 0 N–H and O–H groups in total.